The van der Waals surface area contributed by atoms with E-state index in [1.807, 2.05) is 41.5 Å². The van der Waals surface area contributed by atoms with Crippen LogP contribution in [0.3, 0.4) is 0 Å². The lowest BCUT2D eigenvalue weighted by molar-refractivity contribution is -0.122. The van der Waals surface area contributed by atoms with Gasteiger partial charge >= 0.3 is 6.09 Å². The molecule has 0 heterocycles. The van der Waals surface area contributed by atoms with E-state index < -0.39 is 17.7 Å². The number of ether oxygens (including phenoxy) is 1. The van der Waals surface area contributed by atoms with E-state index in [4.69, 9.17) is 4.74 Å². The van der Waals surface area contributed by atoms with E-state index in [-0.39, 0.29) is 12.5 Å². The van der Waals surface area contributed by atoms with Crippen LogP contribution in [-0.2, 0) is 9.53 Å². The van der Waals surface area contributed by atoms with Crippen LogP contribution in [0.2, 0.25) is 0 Å². The first-order valence-electron chi connectivity index (χ1n) is 11.3. The zero-order valence-corrected chi connectivity index (χ0v) is 22.1. The first-order chi connectivity index (χ1) is 15.1. The summed E-state index contributed by atoms with van der Waals surface area (Å²) in [6.07, 6.45) is 7.46. The van der Waals surface area contributed by atoms with Crippen molar-refractivity contribution in [1.29, 1.82) is 0 Å². The van der Waals surface area contributed by atoms with Crippen LogP contribution < -0.4 is 5.32 Å². The molecule has 32 heavy (non-hydrogen) atoms. The highest BCUT2D eigenvalue weighted by Gasteiger charge is 2.19. The molecule has 0 aromatic rings. The Hall–Kier alpha value is -2.60. The van der Waals surface area contributed by atoms with Gasteiger partial charge in [-0.2, -0.15) is 0 Å². The second-order valence-electron chi connectivity index (χ2n) is 6.58. The molecule has 2 amide bonds. The molecule has 6 heteroatoms. The van der Waals surface area contributed by atoms with Crippen molar-refractivity contribution < 1.29 is 19.4 Å². The summed E-state index contributed by atoms with van der Waals surface area (Å²) in [4.78, 5) is 24.9. The molecule has 6 nitrogen and oxygen atoms in total. The molecule has 0 radical (unpaired) electrons. The summed E-state index contributed by atoms with van der Waals surface area (Å²) in [7, 11) is 0. The molecule has 0 aliphatic rings. The van der Waals surface area contributed by atoms with Crippen molar-refractivity contribution in [1.82, 2.24) is 10.2 Å². The molecule has 0 aliphatic carbocycles. The number of aliphatic hydroxyl groups is 1. The minimum Gasteiger partial charge on any atom is -0.444 e. The minimum absolute atomic E-state index is 0.249. The van der Waals surface area contributed by atoms with Gasteiger partial charge in [0.25, 0.3) is 5.91 Å². The van der Waals surface area contributed by atoms with E-state index in [0.717, 1.165) is 5.57 Å². The number of carbonyl (C=O) groups excluding carboxylic acids is 2. The van der Waals surface area contributed by atoms with Crippen LogP contribution in [0, 0.1) is 0 Å². The third-order valence-corrected chi connectivity index (χ3v) is 3.20. The minimum atomic E-state index is -0.618. The van der Waals surface area contributed by atoms with Gasteiger partial charge < -0.3 is 15.2 Å². The molecule has 0 fully saturated rings. The molecule has 186 valence electrons. The van der Waals surface area contributed by atoms with Gasteiger partial charge in [-0.15, -0.1) is 0 Å². The summed E-state index contributed by atoms with van der Waals surface area (Å²) in [6, 6.07) is -0.520. The average Bonchev–Trinajstić information content (AvgIpc) is 2.78. The third-order valence-electron chi connectivity index (χ3n) is 3.20. The maximum absolute atomic E-state index is 11.8. The van der Waals surface area contributed by atoms with Gasteiger partial charge in [-0.25, -0.2) is 4.79 Å². The Balaban J connectivity index is -0.000000597. The highest BCUT2D eigenvalue weighted by Crippen LogP contribution is 2.12. The van der Waals surface area contributed by atoms with Gasteiger partial charge in [-0.3, -0.25) is 9.69 Å². The fourth-order valence-corrected chi connectivity index (χ4v) is 1.95. The summed E-state index contributed by atoms with van der Waals surface area (Å²) < 4.78 is 5.19. The van der Waals surface area contributed by atoms with Gasteiger partial charge in [0.1, 0.15) is 5.60 Å². The van der Waals surface area contributed by atoms with E-state index in [1.54, 1.807) is 45.9 Å². The summed E-state index contributed by atoms with van der Waals surface area (Å²) in [5, 5.41) is 12.1. The standard InChI is InChI=1S/C20H30N2O4.3C2H6/c1-8-16(12-11-15(4)22(10-3)18(24)9-2)13-17(14-23)21-19(25)26-20(5,6)7;3*1-2/h8-12,17,23H,1-3,13-14H2,4-7H3,(H,21,25);3*1-2H3/b15-11+,16-12+;;;. The Morgan fingerprint density at radius 3 is 1.84 bits per heavy atom. The fraction of sp³-hybridized carbons (Fsp3) is 0.538. The Labute approximate surface area is 197 Å². The SMILES string of the molecule is C=CC(=O)N(C=C)/C(C)=C/C=C(\C=C)CC(CO)NC(=O)OC(C)(C)C.CC.CC.CC. The van der Waals surface area contributed by atoms with Crippen LogP contribution >= 0.6 is 0 Å². The van der Waals surface area contributed by atoms with E-state index in [0.29, 0.717) is 12.1 Å². The lowest BCUT2D eigenvalue weighted by Crippen LogP contribution is -2.41. The van der Waals surface area contributed by atoms with Crippen molar-refractivity contribution in [2.24, 2.45) is 0 Å². The lowest BCUT2D eigenvalue weighted by atomic mass is 10.1. The maximum atomic E-state index is 11.8. The van der Waals surface area contributed by atoms with Gasteiger partial charge in [-0.1, -0.05) is 73.4 Å². The van der Waals surface area contributed by atoms with Crippen molar-refractivity contribution in [2.75, 3.05) is 6.61 Å². The van der Waals surface area contributed by atoms with E-state index in [2.05, 4.69) is 25.1 Å². The first kappa shape index (κ1) is 36.8. The van der Waals surface area contributed by atoms with Crippen LogP contribution in [0.25, 0.3) is 0 Å². The summed E-state index contributed by atoms with van der Waals surface area (Å²) in [5.74, 6) is -0.290. The fourth-order valence-electron chi connectivity index (χ4n) is 1.95. The zero-order valence-electron chi connectivity index (χ0n) is 22.1. The highest BCUT2D eigenvalue weighted by molar-refractivity contribution is 5.89. The predicted octanol–water partition coefficient (Wildman–Crippen LogP) is 6.52. The number of nitrogens with one attached hydrogen (secondary N) is 1. The Bertz CT molecular complexity index is 599. The Morgan fingerprint density at radius 2 is 1.50 bits per heavy atom. The molecule has 0 rings (SSSR count). The predicted molar refractivity (Wildman–Crippen MR) is 138 cm³/mol. The number of nitrogens with zero attached hydrogens (tertiary/aromatic N) is 1. The monoisotopic (exact) mass is 452 g/mol. The average molecular weight is 453 g/mol. The van der Waals surface area contributed by atoms with Crippen molar-refractivity contribution in [3.8, 4) is 0 Å². The molecule has 1 unspecified atom stereocenters. The molecule has 2 N–H and O–H groups in total. The summed E-state index contributed by atoms with van der Waals surface area (Å²) in [6.45, 7) is 29.6. The smallest absolute Gasteiger partial charge is 0.407 e. The number of alkyl carbamates (subject to hydrolysis) is 1. The molecule has 0 bridgehead atoms. The second kappa shape index (κ2) is 23.1. The quantitative estimate of drug-likeness (QED) is 0.308. The third kappa shape index (κ3) is 19.4. The van der Waals surface area contributed by atoms with Gasteiger partial charge in [0, 0.05) is 11.9 Å². The summed E-state index contributed by atoms with van der Waals surface area (Å²) >= 11 is 0. The van der Waals surface area contributed by atoms with Crippen molar-refractivity contribution in [3.05, 3.63) is 61.5 Å². The Morgan fingerprint density at radius 1 is 1.00 bits per heavy atom. The first-order valence-corrected chi connectivity index (χ1v) is 11.3. The molecule has 0 spiro atoms. The molecule has 0 aromatic heterocycles. The summed E-state index contributed by atoms with van der Waals surface area (Å²) in [5.41, 5.74) is 0.798. The van der Waals surface area contributed by atoms with Crippen LogP contribution in [-0.4, -0.2) is 40.3 Å². The molecule has 0 aliphatic heterocycles. The van der Waals surface area contributed by atoms with E-state index in [1.165, 1.54) is 17.2 Å². The zero-order chi connectivity index (χ0) is 26.3. The van der Waals surface area contributed by atoms with E-state index >= 15 is 0 Å². The molecular weight excluding hydrogens is 404 g/mol. The normalized spacial score (nSPS) is 11.5. The van der Waals surface area contributed by atoms with Crippen molar-refractivity contribution in [3.63, 3.8) is 0 Å². The second-order valence-corrected chi connectivity index (χ2v) is 6.58. The van der Waals surface area contributed by atoms with Gasteiger partial charge in [0.05, 0.1) is 12.6 Å². The molecular formula is C26H48N2O4. The van der Waals surface area contributed by atoms with Crippen molar-refractivity contribution in [2.45, 2.75) is 87.3 Å². The van der Waals surface area contributed by atoms with Crippen LogP contribution in [0.1, 0.15) is 75.7 Å². The molecule has 1 atom stereocenters. The highest BCUT2D eigenvalue weighted by atomic mass is 16.6. The molecule has 0 saturated carbocycles. The van der Waals surface area contributed by atoms with Crippen molar-refractivity contribution >= 4 is 12.0 Å². The number of hydrogen-bond acceptors (Lipinski definition) is 4. The van der Waals surface area contributed by atoms with Crippen LogP contribution in [0.15, 0.2) is 61.5 Å². The van der Waals surface area contributed by atoms with Gasteiger partial charge in [0.15, 0.2) is 0 Å². The number of rotatable bonds is 9. The Kier molecular flexibility index (Phi) is 26.5. The lowest BCUT2D eigenvalue weighted by Gasteiger charge is -2.23. The number of amides is 2. The molecule has 0 saturated heterocycles. The number of carbonyl (C=O) groups is 2. The molecule has 0 aromatic carbocycles. The number of allylic oxidation sites excluding steroid dienone is 4. The number of aliphatic hydroxyl groups excluding tert-OH is 1. The van der Waals surface area contributed by atoms with Crippen LogP contribution in [0.5, 0.6) is 0 Å². The van der Waals surface area contributed by atoms with Gasteiger partial charge in [0.2, 0.25) is 0 Å². The van der Waals surface area contributed by atoms with E-state index in [9.17, 15) is 14.7 Å². The van der Waals surface area contributed by atoms with Crippen LogP contribution in [0.4, 0.5) is 4.79 Å². The number of hydrogen-bond donors (Lipinski definition) is 2. The van der Waals surface area contributed by atoms with Gasteiger partial charge in [-0.05, 0) is 51.8 Å². The topological polar surface area (TPSA) is 78.9 Å². The maximum Gasteiger partial charge on any atom is 0.407 e. The largest absolute Gasteiger partial charge is 0.444 e.